The second-order valence-electron chi connectivity index (χ2n) is 4.45. The first-order valence-corrected chi connectivity index (χ1v) is 6.53. The molecular formula is C12H14FN2O3S+. The van der Waals surface area contributed by atoms with Crippen molar-refractivity contribution in [2.24, 2.45) is 0 Å². The lowest BCUT2D eigenvalue weighted by molar-refractivity contribution is -0.120. The van der Waals surface area contributed by atoms with Gasteiger partial charge in [-0.15, -0.1) is 0 Å². The van der Waals surface area contributed by atoms with E-state index in [4.69, 9.17) is 10.5 Å². The highest BCUT2D eigenvalue weighted by Crippen LogP contribution is 2.41. The van der Waals surface area contributed by atoms with Gasteiger partial charge < -0.3 is 15.8 Å². The molecule has 1 aromatic carbocycles. The number of halogens is 1. The molecule has 1 aliphatic heterocycles. The van der Waals surface area contributed by atoms with Crippen molar-refractivity contribution in [1.29, 1.82) is 0 Å². The molecule has 1 heterocycles. The van der Waals surface area contributed by atoms with Crippen molar-refractivity contribution in [3.63, 3.8) is 0 Å². The van der Waals surface area contributed by atoms with Crippen molar-refractivity contribution in [3.8, 4) is 5.75 Å². The largest absolute Gasteiger partial charge is 0.490 e. The summed E-state index contributed by atoms with van der Waals surface area (Å²) in [6, 6.07) is 0.705. The second kappa shape index (κ2) is 5.08. The maximum Gasteiger partial charge on any atom is 0.469 e. The Labute approximate surface area is 113 Å². The molecule has 2 atom stereocenters. The van der Waals surface area contributed by atoms with Crippen molar-refractivity contribution in [2.75, 3.05) is 12.3 Å². The Morgan fingerprint density at radius 3 is 2.89 bits per heavy atom. The Hall–Kier alpha value is -1.76. The van der Waals surface area contributed by atoms with E-state index in [0.717, 1.165) is 0 Å². The Bertz CT molecular complexity index is 550. The van der Waals surface area contributed by atoms with Crippen LogP contribution in [0.25, 0.3) is 0 Å². The molecule has 0 aliphatic carbocycles. The third-order valence-electron chi connectivity index (χ3n) is 3.09. The van der Waals surface area contributed by atoms with Crippen LogP contribution in [-0.2, 0) is 20.7 Å². The fourth-order valence-corrected chi connectivity index (χ4v) is 2.82. The van der Waals surface area contributed by atoms with Gasteiger partial charge in [0, 0.05) is 22.4 Å². The standard InChI is InChI=1S/C12H13FN2O3S/c1-5-7(13)3-8(14)10-11(5)18-4-9(12(10)19-17)15-6(2)16/h3,9,12H,4,14H2,1-2H3/p+1. The maximum atomic E-state index is 13.6. The molecule has 0 saturated carbocycles. The van der Waals surface area contributed by atoms with E-state index in [0.29, 0.717) is 28.5 Å². The van der Waals surface area contributed by atoms with Gasteiger partial charge in [-0.2, -0.15) is 0 Å². The van der Waals surface area contributed by atoms with E-state index >= 15 is 0 Å². The van der Waals surface area contributed by atoms with Gasteiger partial charge in [0.05, 0.1) is 5.56 Å². The van der Waals surface area contributed by atoms with E-state index in [1.54, 1.807) is 6.92 Å². The van der Waals surface area contributed by atoms with Gasteiger partial charge in [-0.25, -0.2) is 4.39 Å². The van der Waals surface area contributed by atoms with E-state index in [9.17, 15) is 13.4 Å². The number of nitrogen functional groups attached to an aromatic ring is 1. The van der Waals surface area contributed by atoms with Gasteiger partial charge in [-0.3, -0.25) is 4.79 Å². The molecule has 7 heteroatoms. The molecule has 0 radical (unpaired) electrons. The lowest BCUT2D eigenvalue weighted by Crippen LogP contribution is -2.45. The Balaban J connectivity index is 2.51. The minimum Gasteiger partial charge on any atom is -0.490 e. The molecule has 102 valence electrons. The summed E-state index contributed by atoms with van der Waals surface area (Å²) in [5, 5.41) is 2.06. The molecule has 3 N–H and O–H groups in total. The van der Waals surface area contributed by atoms with E-state index in [1.807, 2.05) is 0 Å². The molecular weight excluding hydrogens is 271 g/mol. The van der Waals surface area contributed by atoms with Crippen LogP contribution < -0.4 is 15.8 Å². The van der Waals surface area contributed by atoms with Crippen molar-refractivity contribution in [2.45, 2.75) is 25.1 Å². The van der Waals surface area contributed by atoms with Crippen LogP contribution in [0, 0.1) is 12.7 Å². The molecule has 0 fully saturated rings. The fourth-order valence-electron chi connectivity index (χ4n) is 2.20. The number of benzene rings is 1. The van der Waals surface area contributed by atoms with Crippen LogP contribution in [0.3, 0.4) is 0 Å². The summed E-state index contributed by atoms with van der Waals surface area (Å²) in [6.45, 7) is 3.05. The number of ether oxygens (including phenoxy) is 1. The van der Waals surface area contributed by atoms with Crippen LogP contribution in [0.4, 0.5) is 10.1 Å². The molecule has 2 unspecified atom stereocenters. The highest BCUT2D eigenvalue weighted by atomic mass is 32.1. The summed E-state index contributed by atoms with van der Waals surface area (Å²) in [6.07, 6.45) is 0. The maximum absolute atomic E-state index is 13.6. The Morgan fingerprint density at radius 1 is 1.63 bits per heavy atom. The van der Waals surface area contributed by atoms with Gasteiger partial charge in [0.2, 0.25) is 5.91 Å². The van der Waals surface area contributed by atoms with Gasteiger partial charge in [0.15, 0.2) is 0 Å². The summed E-state index contributed by atoms with van der Waals surface area (Å²) < 4.78 is 30.4. The zero-order valence-corrected chi connectivity index (χ0v) is 11.3. The van der Waals surface area contributed by atoms with Gasteiger partial charge in [0.1, 0.15) is 24.2 Å². The zero-order valence-electron chi connectivity index (χ0n) is 10.5. The number of fused-ring (bicyclic) bond motifs is 1. The number of carbonyl (C=O) groups is 1. The smallest absolute Gasteiger partial charge is 0.469 e. The summed E-state index contributed by atoms with van der Waals surface area (Å²) in [5.41, 5.74) is 6.74. The summed E-state index contributed by atoms with van der Waals surface area (Å²) in [7, 11) is 0. The summed E-state index contributed by atoms with van der Waals surface area (Å²) in [4.78, 5) is 11.1. The SMILES string of the molecule is CC(=O)NC1COc2c(C)c(F)cc(N)c2C1[S+]=O. The molecule has 0 bridgehead atoms. The third kappa shape index (κ3) is 2.37. The Kier molecular flexibility index (Phi) is 3.66. The lowest BCUT2D eigenvalue weighted by atomic mass is 9.97. The summed E-state index contributed by atoms with van der Waals surface area (Å²) >= 11 is 0.320. The van der Waals surface area contributed by atoms with Crippen LogP contribution in [0.1, 0.15) is 23.3 Å². The predicted octanol–water partition coefficient (Wildman–Crippen LogP) is 1.08. The summed E-state index contributed by atoms with van der Waals surface area (Å²) in [5.74, 6) is -0.412. The average Bonchev–Trinajstić information content (AvgIpc) is 2.35. The van der Waals surface area contributed by atoms with Crippen LogP contribution in [0.5, 0.6) is 5.75 Å². The minimum absolute atomic E-state index is 0.121. The predicted molar refractivity (Wildman–Crippen MR) is 69.4 cm³/mol. The first-order chi connectivity index (χ1) is 8.95. The first kappa shape index (κ1) is 13.7. The highest BCUT2D eigenvalue weighted by molar-refractivity contribution is 7.66. The van der Waals surface area contributed by atoms with Gasteiger partial charge in [0.25, 0.3) is 5.25 Å². The molecule has 1 aliphatic rings. The lowest BCUT2D eigenvalue weighted by Gasteiger charge is -2.27. The second-order valence-corrected chi connectivity index (χ2v) is 5.15. The number of nitrogens with one attached hydrogen (secondary N) is 1. The number of nitrogens with two attached hydrogens (primary N) is 1. The average molecular weight is 285 g/mol. The third-order valence-corrected chi connectivity index (χ3v) is 3.86. The van der Waals surface area contributed by atoms with Crippen molar-refractivity contribution in [3.05, 3.63) is 23.0 Å². The van der Waals surface area contributed by atoms with Gasteiger partial charge in [-0.05, 0) is 13.0 Å². The molecule has 19 heavy (non-hydrogen) atoms. The number of hydrogen-bond donors (Lipinski definition) is 2. The number of rotatable bonds is 2. The monoisotopic (exact) mass is 285 g/mol. The molecule has 1 aromatic rings. The van der Waals surface area contributed by atoms with Gasteiger partial charge >= 0.3 is 11.7 Å². The zero-order chi connectivity index (χ0) is 14.2. The van der Waals surface area contributed by atoms with Crippen LogP contribution in [0.15, 0.2) is 6.07 Å². The van der Waals surface area contributed by atoms with Gasteiger partial charge in [-0.1, -0.05) is 0 Å². The first-order valence-electron chi connectivity index (χ1n) is 5.72. The number of anilines is 1. The van der Waals surface area contributed by atoms with Crippen molar-refractivity contribution < 1.29 is 18.1 Å². The normalized spacial score (nSPS) is 21.2. The van der Waals surface area contributed by atoms with Crippen LogP contribution >= 0.6 is 0 Å². The molecule has 0 spiro atoms. The number of hydrogen-bond acceptors (Lipinski definition) is 4. The number of amides is 1. The number of carbonyl (C=O) groups excluding carboxylic acids is 1. The van der Waals surface area contributed by atoms with E-state index in [-0.39, 0.29) is 18.2 Å². The highest BCUT2D eigenvalue weighted by Gasteiger charge is 2.44. The topological polar surface area (TPSA) is 81.4 Å². The minimum atomic E-state index is -0.591. The van der Waals surface area contributed by atoms with Crippen molar-refractivity contribution in [1.82, 2.24) is 5.32 Å². The van der Waals surface area contributed by atoms with E-state index in [1.165, 1.54) is 13.0 Å². The van der Waals surface area contributed by atoms with Crippen LogP contribution in [-0.4, -0.2) is 18.6 Å². The van der Waals surface area contributed by atoms with Crippen LogP contribution in [0.2, 0.25) is 0 Å². The fraction of sp³-hybridized carbons (Fsp3) is 0.417. The molecule has 5 nitrogen and oxygen atoms in total. The molecule has 2 rings (SSSR count). The quantitative estimate of drug-likeness (QED) is 0.629. The van der Waals surface area contributed by atoms with Crippen molar-refractivity contribution >= 4 is 23.3 Å². The molecule has 0 aromatic heterocycles. The molecule has 0 saturated heterocycles. The van der Waals surface area contributed by atoms with E-state index < -0.39 is 17.1 Å². The van der Waals surface area contributed by atoms with E-state index in [2.05, 4.69) is 5.32 Å². The Morgan fingerprint density at radius 2 is 2.32 bits per heavy atom. The molecule has 1 amide bonds.